The van der Waals surface area contributed by atoms with Crippen molar-refractivity contribution in [1.29, 1.82) is 0 Å². The third-order valence-corrected chi connectivity index (χ3v) is 4.50. The Hall–Kier alpha value is -3.64. The molecule has 0 saturated carbocycles. The minimum atomic E-state index is -4.52. The molecule has 0 atom stereocenters. The zero-order valence-electron chi connectivity index (χ0n) is 16.3. The van der Waals surface area contributed by atoms with Crippen LogP contribution in [0.25, 0.3) is 28.7 Å². The predicted molar refractivity (Wildman–Crippen MR) is 104 cm³/mol. The van der Waals surface area contributed by atoms with Crippen molar-refractivity contribution in [3.8, 4) is 28.7 Å². The van der Waals surface area contributed by atoms with Crippen molar-refractivity contribution in [1.82, 2.24) is 30.5 Å². The standard InChI is InChI=1S/C20H16F4N6O2/c21-14-6-1-2-7-15(14)30-16(11-25-8-9-31)17(27-29-30)19-26-18(28-32-19)12-4-3-5-13(10-12)20(22,23)24/h1-7,10,25,31H,8-9,11H2. The van der Waals surface area contributed by atoms with E-state index in [1.54, 1.807) is 6.07 Å². The van der Waals surface area contributed by atoms with Gasteiger partial charge in [-0.05, 0) is 24.3 Å². The Bertz CT molecular complexity index is 1220. The van der Waals surface area contributed by atoms with Crippen LogP contribution < -0.4 is 5.32 Å². The van der Waals surface area contributed by atoms with Crippen LogP contribution in [0, 0.1) is 5.82 Å². The quantitative estimate of drug-likeness (QED) is 0.331. The number of hydrogen-bond acceptors (Lipinski definition) is 7. The van der Waals surface area contributed by atoms with Crippen LogP contribution in [0.15, 0.2) is 53.1 Å². The van der Waals surface area contributed by atoms with Gasteiger partial charge in [-0.2, -0.15) is 18.2 Å². The van der Waals surface area contributed by atoms with Crippen LogP contribution in [0.3, 0.4) is 0 Å². The first-order valence-corrected chi connectivity index (χ1v) is 9.41. The van der Waals surface area contributed by atoms with Crippen molar-refractivity contribution in [2.75, 3.05) is 13.2 Å². The van der Waals surface area contributed by atoms with Crippen molar-refractivity contribution in [2.45, 2.75) is 12.7 Å². The van der Waals surface area contributed by atoms with Crippen LogP contribution in [0.2, 0.25) is 0 Å². The van der Waals surface area contributed by atoms with E-state index in [9.17, 15) is 17.6 Å². The number of aliphatic hydroxyl groups is 1. The van der Waals surface area contributed by atoms with Crippen molar-refractivity contribution >= 4 is 0 Å². The number of nitrogens with one attached hydrogen (secondary N) is 1. The number of para-hydroxylation sites is 1. The summed E-state index contributed by atoms with van der Waals surface area (Å²) in [4.78, 5) is 4.16. The Morgan fingerprint density at radius 2 is 1.91 bits per heavy atom. The highest BCUT2D eigenvalue weighted by molar-refractivity contribution is 5.60. The van der Waals surface area contributed by atoms with Gasteiger partial charge in [-0.25, -0.2) is 9.07 Å². The molecule has 0 aliphatic heterocycles. The van der Waals surface area contributed by atoms with E-state index in [1.807, 2.05) is 0 Å². The van der Waals surface area contributed by atoms with Crippen molar-refractivity contribution in [3.05, 3.63) is 65.6 Å². The maximum atomic E-state index is 14.3. The topological polar surface area (TPSA) is 102 Å². The number of rotatable bonds is 7. The van der Waals surface area contributed by atoms with Gasteiger partial charge in [-0.3, -0.25) is 0 Å². The zero-order valence-corrected chi connectivity index (χ0v) is 16.3. The van der Waals surface area contributed by atoms with Crippen LogP contribution in [-0.2, 0) is 12.7 Å². The van der Waals surface area contributed by atoms with Crippen LogP contribution in [0.1, 0.15) is 11.3 Å². The Morgan fingerprint density at radius 3 is 2.66 bits per heavy atom. The van der Waals surface area contributed by atoms with Gasteiger partial charge in [-0.15, -0.1) is 5.10 Å². The molecule has 8 nitrogen and oxygen atoms in total. The number of alkyl halides is 3. The summed E-state index contributed by atoms with van der Waals surface area (Å²) < 4.78 is 59.8. The molecule has 2 N–H and O–H groups in total. The summed E-state index contributed by atoms with van der Waals surface area (Å²) in [6, 6.07) is 10.4. The van der Waals surface area contributed by atoms with E-state index in [0.717, 1.165) is 12.1 Å². The number of hydrogen-bond donors (Lipinski definition) is 2. The summed E-state index contributed by atoms with van der Waals surface area (Å²) in [7, 11) is 0. The average Bonchev–Trinajstić information content (AvgIpc) is 3.41. The van der Waals surface area contributed by atoms with E-state index in [0.29, 0.717) is 5.69 Å². The number of benzene rings is 2. The summed E-state index contributed by atoms with van der Waals surface area (Å²) in [6.07, 6.45) is -4.52. The van der Waals surface area contributed by atoms with E-state index in [-0.39, 0.29) is 48.4 Å². The molecule has 0 spiro atoms. The van der Waals surface area contributed by atoms with E-state index in [4.69, 9.17) is 9.63 Å². The summed E-state index contributed by atoms with van der Waals surface area (Å²) in [6.45, 7) is 0.247. The molecule has 0 bridgehead atoms. The van der Waals surface area contributed by atoms with Crippen molar-refractivity contribution in [3.63, 3.8) is 0 Å². The van der Waals surface area contributed by atoms with Gasteiger partial charge in [0.25, 0.3) is 5.89 Å². The fourth-order valence-corrected chi connectivity index (χ4v) is 3.00. The minimum Gasteiger partial charge on any atom is -0.395 e. The second-order valence-electron chi connectivity index (χ2n) is 6.65. The highest BCUT2D eigenvalue weighted by atomic mass is 19.4. The maximum absolute atomic E-state index is 14.3. The normalized spacial score (nSPS) is 11.8. The molecular weight excluding hydrogens is 432 g/mol. The minimum absolute atomic E-state index is 0.0687. The van der Waals surface area contributed by atoms with Crippen molar-refractivity contribution in [2.24, 2.45) is 0 Å². The molecule has 4 rings (SSSR count). The third-order valence-electron chi connectivity index (χ3n) is 4.50. The van der Waals surface area contributed by atoms with Gasteiger partial charge in [0.1, 0.15) is 11.5 Å². The number of aromatic nitrogens is 5. The van der Waals surface area contributed by atoms with E-state index in [2.05, 4.69) is 25.8 Å². The van der Waals surface area contributed by atoms with Crippen LogP contribution in [0.5, 0.6) is 0 Å². The first-order chi connectivity index (χ1) is 15.4. The molecule has 0 fully saturated rings. The Kier molecular flexibility index (Phi) is 5.97. The van der Waals surface area contributed by atoms with E-state index < -0.39 is 17.6 Å². The fraction of sp³-hybridized carbons (Fsp3) is 0.200. The molecular formula is C20H16F4N6O2. The highest BCUT2D eigenvalue weighted by Crippen LogP contribution is 2.32. The summed E-state index contributed by atoms with van der Waals surface area (Å²) in [5.41, 5.74) is -0.117. The highest BCUT2D eigenvalue weighted by Gasteiger charge is 2.31. The van der Waals surface area contributed by atoms with Gasteiger partial charge < -0.3 is 14.9 Å². The Morgan fingerprint density at radius 1 is 1.09 bits per heavy atom. The summed E-state index contributed by atoms with van der Waals surface area (Å²) in [5, 5.41) is 23.7. The number of aliphatic hydroxyl groups excluding tert-OH is 1. The van der Waals surface area contributed by atoms with Gasteiger partial charge in [0.2, 0.25) is 5.82 Å². The lowest BCUT2D eigenvalue weighted by atomic mass is 10.1. The van der Waals surface area contributed by atoms with E-state index >= 15 is 0 Å². The molecule has 166 valence electrons. The second-order valence-corrected chi connectivity index (χ2v) is 6.65. The molecule has 0 unspecified atom stereocenters. The smallest absolute Gasteiger partial charge is 0.395 e. The van der Waals surface area contributed by atoms with Gasteiger partial charge in [-0.1, -0.05) is 34.6 Å². The van der Waals surface area contributed by atoms with Gasteiger partial charge in [0.15, 0.2) is 5.69 Å². The molecule has 2 aromatic carbocycles. The average molecular weight is 448 g/mol. The van der Waals surface area contributed by atoms with E-state index in [1.165, 1.54) is 35.0 Å². The molecule has 12 heteroatoms. The maximum Gasteiger partial charge on any atom is 0.416 e. The lowest BCUT2D eigenvalue weighted by Gasteiger charge is -2.08. The fourth-order valence-electron chi connectivity index (χ4n) is 3.00. The lowest BCUT2D eigenvalue weighted by Crippen LogP contribution is -2.20. The Balaban J connectivity index is 1.73. The molecule has 4 aromatic rings. The zero-order chi connectivity index (χ0) is 22.7. The SMILES string of the molecule is OCCNCc1c(-c2nc(-c3cccc(C(F)(F)F)c3)no2)nnn1-c1ccccc1F. The number of nitrogens with zero attached hydrogens (tertiary/aromatic N) is 5. The van der Waals surface area contributed by atoms with Gasteiger partial charge in [0.05, 0.1) is 17.9 Å². The van der Waals surface area contributed by atoms with Crippen LogP contribution in [-0.4, -0.2) is 43.4 Å². The molecule has 0 aliphatic rings. The lowest BCUT2D eigenvalue weighted by molar-refractivity contribution is -0.137. The largest absolute Gasteiger partial charge is 0.416 e. The van der Waals surface area contributed by atoms with Gasteiger partial charge in [0, 0.05) is 18.7 Å². The molecule has 0 amide bonds. The third kappa shape index (κ3) is 4.36. The summed E-state index contributed by atoms with van der Waals surface area (Å²) >= 11 is 0. The molecule has 32 heavy (non-hydrogen) atoms. The molecule has 2 aromatic heterocycles. The monoisotopic (exact) mass is 448 g/mol. The predicted octanol–water partition coefficient (Wildman–Crippen LogP) is 3.22. The summed E-state index contributed by atoms with van der Waals surface area (Å²) in [5.74, 6) is -0.704. The molecule has 2 heterocycles. The Labute approximate surface area is 178 Å². The van der Waals surface area contributed by atoms with Crippen LogP contribution >= 0.6 is 0 Å². The van der Waals surface area contributed by atoms with Crippen LogP contribution in [0.4, 0.5) is 17.6 Å². The van der Waals surface area contributed by atoms with Crippen molar-refractivity contribution < 1.29 is 27.2 Å². The molecule has 0 saturated heterocycles. The molecule has 0 radical (unpaired) electrons. The first kappa shape index (κ1) is 21.6. The molecule has 0 aliphatic carbocycles. The second kappa shape index (κ2) is 8.85. The van der Waals surface area contributed by atoms with Gasteiger partial charge >= 0.3 is 6.18 Å². The number of halogens is 4. The first-order valence-electron chi connectivity index (χ1n) is 9.41.